The summed E-state index contributed by atoms with van der Waals surface area (Å²) in [5.74, 6) is 0. The second-order valence-corrected chi connectivity index (χ2v) is 16.8. The van der Waals surface area contributed by atoms with Crippen LogP contribution in [0, 0.1) is 13.8 Å². The molecule has 0 bridgehead atoms. The van der Waals surface area contributed by atoms with Crippen LogP contribution < -0.4 is 0 Å². The maximum atomic E-state index is 3.81. The first-order valence-corrected chi connectivity index (χ1v) is 22.7. The molecule has 0 atom stereocenters. The number of allylic oxidation sites excluding steroid dienone is 1. The first-order valence-electron chi connectivity index (χ1n) is 13.1. The Morgan fingerprint density at radius 1 is 0.742 bits per heavy atom. The molecule has 0 aromatic carbocycles. The van der Waals surface area contributed by atoms with E-state index in [9.17, 15) is 0 Å². The molecule has 0 aromatic heterocycles. The Morgan fingerprint density at radius 3 is 1.45 bits per heavy atom. The van der Waals surface area contributed by atoms with Gasteiger partial charge in [0.2, 0.25) is 0 Å². The molecule has 31 heavy (non-hydrogen) atoms. The maximum absolute atomic E-state index is 3.81. The molecular weight excluding hydrogens is 494 g/mol. The summed E-state index contributed by atoms with van der Waals surface area (Å²) in [7, 11) is -0.115. The zero-order valence-corrected chi connectivity index (χ0v) is 31.2. The van der Waals surface area contributed by atoms with Crippen molar-refractivity contribution in [3.8, 4) is 0 Å². The molecule has 0 aliphatic carbocycles. The molecule has 0 N–H and O–H groups in total. The van der Waals surface area contributed by atoms with Gasteiger partial charge in [-0.2, -0.15) is 25.5 Å². The molecule has 0 nitrogen and oxygen atoms in total. The first-order chi connectivity index (χ1) is 14.5. The Morgan fingerprint density at radius 2 is 1.13 bits per heavy atom. The van der Waals surface area contributed by atoms with Crippen LogP contribution in [-0.4, -0.2) is 33.4 Å². The van der Waals surface area contributed by atoms with Crippen molar-refractivity contribution in [2.45, 2.75) is 135 Å². The predicted octanol–water partition coefficient (Wildman–Crippen LogP) is 9.28. The molecule has 0 heterocycles. The largest absolute Gasteiger partial charge is 2.00 e. The summed E-state index contributed by atoms with van der Waals surface area (Å²) in [6.07, 6.45) is 18.4. The van der Waals surface area contributed by atoms with E-state index >= 15 is 0 Å². The average Bonchev–Trinajstić information content (AvgIpc) is 2.75. The SMILES string of the molecule is C=CCCCC[SiH](C)C.CC.CS.[CH2-]CCCCC[SiH2]C.[CH2-]CCCCC[SiH](C)C.[Zn+2]. The monoisotopic (exact) mass is 556 g/mol. The Kier molecular flexibility index (Phi) is 78.3. The third-order valence-electron chi connectivity index (χ3n) is 4.32. The zero-order chi connectivity index (χ0) is 24.5. The topological polar surface area (TPSA) is 0 Å². The summed E-state index contributed by atoms with van der Waals surface area (Å²) < 4.78 is 0. The zero-order valence-electron chi connectivity index (χ0n) is 23.6. The van der Waals surface area contributed by atoms with Crippen LogP contribution in [0.15, 0.2) is 12.7 Å². The molecule has 0 saturated heterocycles. The van der Waals surface area contributed by atoms with Crippen molar-refractivity contribution in [2.75, 3.05) is 6.26 Å². The second-order valence-electron chi connectivity index (χ2n) is 8.33. The molecule has 0 rings (SSSR count). The fourth-order valence-electron chi connectivity index (χ4n) is 2.53. The Bertz CT molecular complexity index is 235. The minimum absolute atomic E-state index is 0. The molecule has 5 heteroatoms. The van der Waals surface area contributed by atoms with Crippen molar-refractivity contribution in [3.05, 3.63) is 26.5 Å². The van der Waals surface area contributed by atoms with Crippen LogP contribution in [0.2, 0.25) is 50.9 Å². The normalized spacial score (nSPS) is 9.32. The Hall–Kier alpha value is 1.36. The molecule has 188 valence electrons. The fraction of sp³-hybridized carbons (Fsp3) is 0.846. The van der Waals surface area contributed by atoms with E-state index in [1.165, 1.54) is 69.9 Å². The Balaban J connectivity index is -0.0000000688. The van der Waals surface area contributed by atoms with Crippen LogP contribution in [-0.2, 0) is 19.5 Å². The number of thiol groups is 1. The van der Waals surface area contributed by atoms with E-state index in [1.54, 1.807) is 12.3 Å². The summed E-state index contributed by atoms with van der Waals surface area (Å²) in [6.45, 7) is 27.3. The minimum atomic E-state index is -0.247. The average molecular weight is 559 g/mol. The van der Waals surface area contributed by atoms with Gasteiger partial charge in [0, 0.05) is 27.1 Å². The smallest absolute Gasteiger partial charge is 0.343 e. The second kappa shape index (κ2) is 53.0. The van der Waals surface area contributed by atoms with Gasteiger partial charge in [-0.15, -0.1) is 6.58 Å². The minimum Gasteiger partial charge on any atom is -0.343 e. The van der Waals surface area contributed by atoms with Crippen molar-refractivity contribution >= 4 is 39.7 Å². The standard InChI is InChI=1S/C8H19Si.C8H18Si.C7H17Si.C2H6.CH4S.Zn/c2*1-4-5-6-7-8-9(2)3;1-3-4-5-6-7-8-2;2*1-2;/h9H,1,4-8H2,2-3H3;4,9H,1,5-8H2,2-3H3;1,3-8H2,2H3;1-2H3;2H,1H3;/q-1;;-1;;;+2. The summed E-state index contributed by atoms with van der Waals surface area (Å²) in [5, 5.41) is 0. The van der Waals surface area contributed by atoms with E-state index in [0.717, 1.165) is 12.8 Å². The first kappa shape index (κ1) is 45.8. The molecule has 0 spiro atoms. The summed E-state index contributed by atoms with van der Waals surface area (Å²) >= 11 is 3.53. The van der Waals surface area contributed by atoms with Crippen molar-refractivity contribution in [3.63, 3.8) is 0 Å². The number of unbranched alkanes of at least 4 members (excludes halogenated alkanes) is 8. The molecule has 0 saturated carbocycles. The van der Waals surface area contributed by atoms with Crippen LogP contribution in [0.5, 0.6) is 0 Å². The van der Waals surface area contributed by atoms with E-state index in [1.807, 2.05) is 19.9 Å². The van der Waals surface area contributed by atoms with Gasteiger partial charge in [-0.1, -0.05) is 122 Å². The van der Waals surface area contributed by atoms with Crippen molar-refractivity contribution in [2.24, 2.45) is 0 Å². The van der Waals surface area contributed by atoms with Gasteiger partial charge in [-0.25, -0.2) is 0 Å². The molecule has 0 unspecified atom stereocenters. The summed E-state index contributed by atoms with van der Waals surface area (Å²) in [5.41, 5.74) is 0. The van der Waals surface area contributed by atoms with E-state index in [2.05, 4.69) is 65.8 Å². The fourth-order valence-corrected chi connectivity index (χ4v) is 5.59. The Labute approximate surface area is 226 Å². The molecule has 0 amide bonds. The number of hydrogen-bond acceptors (Lipinski definition) is 1. The molecule has 0 fully saturated rings. The maximum Gasteiger partial charge on any atom is 2.00 e. The van der Waals surface area contributed by atoms with Gasteiger partial charge in [-0.05, 0) is 12.7 Å². The molecule has 0 aliphatic rings. The molecule has 0 radical (unpaired) electrons. The van der Waals surface area contributed by atoms with Crippen LogP contribution in [0.25, 0.3) is 0 Å². The predicted molar refractivity (Wildman–Crippen MR) is 165 cm³/mol. The van der Waals surface area contributed by atoms with Gasteiger partial charge in [0.05, 0.1) is 0 Å². The number of hydrogen-bond donors (Lipinski definition) is 1. The van der Waals surface area contributed by atoms with Gasteiger partial charge in [0.15, 0.2) is 0 Å². The van der Waals surface area contributed by atoms with Crippen molar-refractivity contribution in [1.29, 1.82) is 0 Å². The third kappa shape index (κ3) is 80.2. The van der Waals surface area contributed by atoms with Crippen LogP contribution in [0.1, 0.15) is 84.5 Å². The molecular formula is C26H64SSi3Zn. The van der Waals surface area contributed by atoms with Crippen LogP contribution >= 0.6 is 12.6 Å². The van der Waals surface area contributed by atoms with Crippen molar-refractivity contribution < 1.29 is 19.5 Å². The van der Waals surface area contributed by atoms with E-state index in [-0.39, 0.29) is 37.1 Å². The van der Waals surface area contributed by atoms with Gasteiger partial charge >= 0.3 is 19.5 Å². The quantitative estimate of drug-likeness (QED) is 0.0669. The molecule has 0 aromatic rings. The van der Waals surface area contributed by atoms with Crippen LogP contribution in [0.3, 0.4) is 0 Å². The molecule has 0 aliphatic heterocycles. The van der Waals surface area contributed by atoms with E-state index in [0.29, 0.717) is 9.52 Å². The summed E-state index contributed by atoms with van der Waals surface area (Å²) in [4.78, 5) is 0. The number of rotatable bonds is 15. The van der Waals surface area contributed by atoms with E-state index in [4.69, 9.17) is 0 Å². The van der Waals surface area contributed by atoms with Crippen LogP contribution in [0.4, 0.5) is 0 Å². The van der Waals surface area contributed by atoms with Gasteiger partial charge in [-0.3, -0.25) is 0 Å². The third-order valence-corrected chi connectivity index (χ3v) is 8.66. The van der Waals surface area contributed by atoms with Crippen molar-refractivity contribution in [1.82, 2.24) is 0 Å². The van der Waals surface area contributed by atoms with Gasteiger partial charge < -0.3 is 13.8 Å². The van der Waals surface area contributed by atoms with Gasteiger partial charge in [0.1, 0.15) is 0 Å². The van der Waals surface area contributed by atoms with Gasteiger partial charge in [0.25, 0.3) is 0 Å². The summed E-state index contributed by atoms with van der Waals surface area (Å²) in [6, 6.07) is 4.58. The van der Waals surface area contributed by atoms with E-state index < -0.39 is 0 Å².